The molecule has 1 aromatic heterocycles. The Bertz CT molecular complexity index is 405. The summed E-state index contributed by atoms with van der Waals surface area (Å²) in [6, 6.07) is 0.479. The number of nitrogen functional groups attached to an aromatic ring is 1. The van der Waals surface area contributed by atoms with Gasteiger partial charge in [0.2, 0.25) is 0 Å². The molecule has 0 aliphatic heterocycles. The Labute approximate surface area is 116 Å². The van der Waals surface area contributed by atoms with Crippen molar-refractivity contribution >= 4 is 11.5 Å². The fourth-order valence-electron chi connectivity index (χ4n) is 3.16. The van der Waals surface area contributed by atoms with Crippen molar-refractivity contribution in [1.29, 1.82) is 0 Å². The average molecular weight is 264 g/mol. The second-order valence-electron chi connectivity index (χ2n) is 5.91. The van der Waals surface area contributed by atoms with Gasteiger partial charge in [-0.3, -0.25) is 4.68 Å². The van der Waals surface area contributed by atoms with Crippen molar-refractivity contribution in [1.82, 2.24) is 9.78 Å². The molecule has 4 heteroatoms. The zero-order chi connectivity index (χ0) is 13.8. The zero-order valence-corrected chi connectivity index (χ0v) is 12.6. The van der Waals surface area contributed by atoms with Crippen LogP contribution in [0.3, 0.4) is 0 Å². The fourth-order valence-corrected chi connectivity index (χ4v) is 3.16. The first kappa shape index (κ1) is 14.2. The number of nitrogens with two attached hydrogens (primary N) is 1. The van der Waals surface area contributed by atoms with Crippen LogP contribution in [0.4, 0.5) is 11.5 Å². The molecule has 1 heterocycles. The predicted molar refractivity (Wildman–Crippen MR) is 81.3 cm³/mol. The van der Waals surface area contributed by atoms with Gasteiger partial charge in [0.15, 0.2) is 0 Å². The Morgan fingerprint density at radius 3 is 2.68 bits per heavy atom. The molecule has 19 heavy (non-hydrogen) atoms. The Hall–Kier alpha value is -1.19. The van der Waals surface area contributed by atoms with Gasteiger partial charge in [0.25, 0.3) is 0 Å². The molecule has 1 unspecified atom stereocenters. The van der Waals surface area contributed by atoms with Gasteiger partial charge < -0.3 is 11.1 Å². The van der Waals surface area contributed by atoms with Crippen LogP contribution in [0.5, 0.6) is 0 Å². The lowest BCUT2D eigenvalue weighted by Gasteiger charge is -2.29. The van der Waals surface area contributed by atoms with E-state index in [-0.39, 0.29) is 0 Å². The number of nitrogens with one attached hydrogen (secondary N) is 1. The molecule has 1 fully saturated rings. The lowest BCUT2D eigenvalue weighted by atomic mass is 9.84. The molecule has 0 bridgehead atoms. The topological polar surface area (TPSA) is 55.9 Å². The molecule has 1 aromatic rings. The van der Waals surface area contributed by atoms with Crippen LogP contribution in [-0.4, -0.2) is 15.8 Å². The van der Waals surface area contributed by atoms with Crippen molar-refractivity contribution in [3.8, 4) is 0 Å². The molecule has 0 amide bonds. The summed E-state index contributed by atoms with van der Waals surface area (Å²) in [6.45, 7) is 4.44. The molecule has 1 saturated carbocycles. The Balaban J connectivity index is 2.05. The summed E-state index contributed by atoms with van der Waals surface area (Å²) in [5.41, 5.74) is 8.09. The van der Waals surface area contributed by atoms with Crippen LogP contribution in [0.15, 0.2) is 0 Å². The van der Waals surface area contributed by atoms with E-state index in [1.807, 2.05) is 11.7 Å². The highest BCUT2D eigenvalue weighted by atomic mass is 15.3. The molecule has 0 radical (unpaired) electrons. The third kappa shape index (κ3) is 3.23. The van der Waals surface area contributed by atoms with Gasteiger partial charge in [0.1, 0.15) is 5.82 Å². The average Bonchev–Trinajstić information content (AvgIpc) is 2.68. The van der Waals surface area contributed by atoms with Crippen molar-refractivity contribution in [2.75, 3.05) is 11.1 Å². The van der Waals surface area contributed by atoms with E-state index in [1.165, 1.54) is 32.1 Å². The van der Waals surface area contributed by atoms with Crippen molar-refractivity contribution < 1.29 is 0 Å². The normalized spacial score (nSPS) is 18.5. The minimum Gasteiger partial charge on any atom is -0.394 e. The highest BCUT2D eigenvalue weighted by molar-refractivity contribution is 5.65. The maximum Gasteiger partial charge on any atom is 0.147 e. The SMILES string of the molecule is CCCc1nn(C)c(NC(C)C2CCCCC2)c1N. The number of aryl methyl sites for hydroxylation is 2. The predicted octanol–water partition coefficient (Wildman–Crippen LogP) is 3.34. The van der Waals surface area contributed by atoms with Crippen LogP contribution in [-0.2, 0) is 13.5 Å². The second-order valence-corrected chi connectivity index (χ2v) is 5.91. The van der Waals surface area contributed by atoms with Crippen LogP contribution >= 0.6 is 0 Å². The second kappa shape index (κ2) is 6.31. The van der Waals surface area contributed by atoms with E-state index in [1.54, 1.807) is 0 Å². The third-order valence-electron chi connectivity index (χ3n) is 4.37. The molecule has 4 nitrogen and oxygen atoms in total. The fraction of sp³-hybridized carbons (Fsp3) is 0.800. The summed E-state index contributed by atoms with van der Waals surface area (Å²) in [5, 5.41) is 8.13. The molecular weight excluding hydrogens is 236 g/mol. The van der Waals surface area contributed by atoms with E-state index < -0.39 is 0 Å². The molecule has 2 rings (SSSR count). The maximum absolute atomic E-state index is 6.22. The number of anilines is 2. The van der Waals surface area contributed by atoms with E-state index >= 15 is 0 Å². The molecule has 0 aromatic carbocycles. The van der Waals surface area contributed by atoms with Crippen molar-refractivity contribution in [2.24, 2.45) is 13.0 Å². The molecule has 1 atom stereocenters. The largest absolute Gasteiger partial charge is 0.394 e. The van der Waals surface area contributed by atoms with Crippen molar-refractivity contribution in [2.45, 2.75) is 64.8 Å². The summed E-state index contributed by atoms with van der Waals surface area (Å²) in [4.78, 5) is 0. The number of hydrogen-bond donors (Lipinski definition) is 2. The lowest BCUT2D eigenvalue weighted by Crippen LogP contribution is -2.28. The number of rotatable bonds is 5. The van der Waals surface area contributed by atoms with E-state index in [0.717, 1.165) is 36.0 Å². The first-order valence-corrected chi connectivity index (χ1v) is 7.71. The van der Waals surface area contributed by atoms with E-state index in [0.29, 0.717) is 6.04 Å². The quantitative estimate of drug-likeness (QED) is 0.857. The molecule has 3 N–H and O–H groups in total. The molecular formula is C15H28N4. The van der Waals surface area contributed by atoms with Gasteiger partial charge in [-0.05, 0) is 32.1 Å². The van der Waals surface area contributed by atoms with Crippen LogP contribution in [0.1, 0.15) is 58.1 Å². The van der Waals surface area contributed by atoms with Gasteiger partial charge in [-0.15, -0.1) is 0 Å². The standard InChI is InChI=1S/C15H28N4/c1-4-8-13-14(16)15(19(3)18-13)17-11(2)12-9-6-5-7-10-12/h11-12,17H,4-10,16H2,1-3H3. The van der Waals surface area contributed by atoms with Crippen molar-refractivity contribution in [3.05, 3.63) is 5.69 Å². The van der Waals surface area contributed by atoms with Crippen LogP contribution < -0.4 is 11.1 Å². The minimum absolute atomic E-state index is 0.479. The number of nitrogens with zero attached hydrogens (tertiary/aromatic N) is 2. The first-order chi connectivity index (χ1) is 9.13. The van der Waals surface area contributed by atoms with Crippen molar-refractivity contribution in [3.63, 3.8) is 0 Å². The Kier molecular flexibility index (Phi) is 4.72. The molecule has 0 spiro atoms. The van der Waals surface area contributed by atoms with Gasteiger partial charge in [-0.1, -0.05) is 32.6 Å². The summed E-state index contributed by atoms with van der Waals surface area (Å²) < 4.78 is 1.90. The lowest BCUT2D eigenvalue weighted by molar-refractivity contribution is 0.327. The Morgan fingerprint density at radius 1 is 1.37 bits per heavy atom. The van der Waals surface area contributed by atoms with E-state index in [9.17, 15) is 0 Å². The molecule has 108 valence electrons. The van der Waals surface area contributed by atoms with Gasteiger partial charge in [-0.2, -0.15) is 5.10 Å². The summed E-state index contributed by atoms with van der Waals surface area (Å²) >= 11 is 0. The smallest absolute Gasteiger partial charge is 0.147 e. The highest BCUT2D eigenvalue weighted by Gasteiger charge is 2.22. The van der Waals surface area contributed by atoms with Crippen LogP contribution in [0, 0.1) is 5.92 Å². The van der Waals surface area contributed by atoms with Gasteiger partial charge in [0.05, 0.1) is 11.4 Å². The minimum atomic E-state index is 0.479. The van der Waals surface area contributed by atoms with E-state index in [4.69, 9.17) is 5.73 Å². The number of aromatic nitrogens is 2. The summed E-state index contributed by atoms with van der Waals surface area (Å²) in [6.07, 6.45) is 8.87. The van der Waals surface area contributed by atoms with Gasteiger partial charge >= 0.3 is 0 Å². The number of hydrogen-bond acceptors (Lipinski definition) is 3. The van der Waals surface area contributed by atoms with Crippen LogP contribution in [0.2, 0.25) is 0 Å². The molecule has 1 aliphatic rings. The van der Waals surface area contributed by atoms with Gasteiger partial charge in [0, 0.05) is 13.1 Å². The third-order valence-corrected chi connectivity index (χ3v) is 4.37. The summed E-state index contributed by atoms with van der Waals surface area (Å²) in [5.74, 6) is 1.78. The summed E-state index contributed by atoms with van der Waals surface area (Å²) in [7, 11) is 1.98. The van der Waals surface area contributed by atoms with E-state index in [2.05, 4.69) is 24.3 Å². The zero-order valence-electron chi connectivity index (χ0n) is 12.6. The Morgan fingerprint density at radius 2 is 2.05 bits per heavy atom. The highest BCUT2D eigenvalue weighted by Crippen LogP contribution is 2.30. The first-order valence-electron chi connectivity index (χ1n) is 7.71. The maximum atomic E-state index is 6.22. The monoisotopic (exact) mass is 264 g/mol. The van der Waals surface area contributed by atoms with Gasteiger partial charge in [-0.25, -0.2) is 0 Å². The molecule has 0 saturated heterocycles. The molecule has 1 aliphatic carbocycles. The van der Waals surface area contributed by atoms with Crippen LogP contribution in [0.25, 0.3) is 0 Å².